The number of hydrogen-bond acceptors (Lipinski definition) is 9. The van der Waals surface area contributed by atoms with Crippen molar-refractivity contribution in [2.45, 2.75) is 62.6 Å². The maximum Gasteiger partial charge on any atom is 0.508 e. The highest BCUT2D eigenvalue weighted by Crippen LogP contribution is 2.44. The fraction of sp³-hybridized carbons (Fsp3) is 0.273. The second-order valence-electron chi connectivity index (χ2n) is 13.4. The van der Waals surface area contributed by atoms with E-state index < -0.39 is 48.9 Å². The van der Waals surface area contributed by atoms with E-state index in [9.17, 15) is 18.0 Å². The second kappa shape index (κ2) is 17.9. The Hall–Kier alpha value is -5.53. The average Bonchev–Trinajstić information content (AvgIpc) is 3.54. The van der Waals surface area contributed by atoms with Gasteiger partial charge in [0.2, 0.25) is 6.29 Å². The van der Waals surface area contributed by atoms with Gasteiger partial charge in [0.05, 0.1) is 26.4 Å². The van der Waals surface area contributed by atoms with Crippen LogP contribution in [0.3, 0.4) is 0 Å². The minimum absolute atomic E-state index is 0.0394. The molecule has 9 nitrogen and oxygen atoms in total. The van der Waals surface area contributed by atoms with Gasteiger partial charge in [0.15, 0.2) is 6.10 Å². The average molecular weight is 768 g/mol. The van der Waals surface area contributed by atoms with E-state index in [1.54, 1.807) is 0 Å². The zero-order valence-electron chi connectivity index (χ0n) is 30.2. The first-order chi connectivity index (χ1) is 27.2. The van der Waals surface area contributed by atoms with Crippen LogP contribution in [0.2, 0.25) is 0 Å². The number of rotatable bonds is 14. The fourth-order valence-electron chi connectivity index (χ4n) is 6.94. The summed E-state index contributed by atoms with van der Waals surface area (Å²) in [7, 11) is 0. The molecule has 12 heteroatoms. The van der Waals surface area contributed by atoms with Crippen molar-refractivity contribution in [3.8, 4) is 11.1 Å². The molecule has 0 spiro atoms. The van der Waals surface area contributed by atoms with Crippen molar-refractivity contribution in [1.82, 2.24) is 0 Å². The Labute approximate surface area is 322 Å². The second-order valence-corrected chi connectivity index (χ2v) is 13.4. The zero-order valence-corrected chi connectivity index (χ0v) is 30.2. The van der Waals surface area contributed by atoms with Gasteiger partial charge < -0.3 is 33.2 Å². The molecule has 1 saturated heterocycles. The van der Waals surface area contributed by atoms with Crippen molar-refractivity contribution in [2.24, 2.45) is 0 Å². The Morgan fingerprint density at radius 1 is 0.589 bits per heavy atom. The van der Waals surface area contributed by atoms with E-state index in [1.807, 2.05) is 140 Å². The maximum atomic E-state index is 13.9. The third-order valence-corrected chi connectivity index (χ3v) is 9.61. The van der Waals surface area contributed by atoms with Crippen molar-refractivity contribution < 1.29 is 51.1 Å². The predicted octanol–water partition coefficient (Wildman–Crippen LogP) is 8.99. The lowest BCUT2D eigenvalue weighted by atomic mass is 9.97. The topological polar surface area (TPSA) is 106 Å². The van der Waals surface area contributed by atoms with Gasteiger partial charge in [-0.25, -0.2) is 4.79 Å². The van der Waals surface area contributed by atoms with Crippen molar-refractivity contribution in [1.29, 1.82) is 5.41 Å². The van der Waals surface area contributed by atoms with Crippen LogP contribution in [-0.2, 0) is 53.0 Å². The summed E-state index contributed by atoms with van der Waals surface area (Å²) in [6, 6.07) is 43.2. The quantitative estimate of drug-likeness (QED) is 0.0679. The van der Waals surface area contributed by atoms with Crippen LogP contribution in [-0.4, -0.2) is 62.1 Å². The molecule has 0 aromatic heterocycles. The molecule has 1 aliphatic carbocycles. The van der Waals surface area contributed by atoms with Crippen molar-refractivity contribution >= 4 is 12.1 Å². The number of fused-ring (bicyclic) bond motifs is 3. The number of carbonyl (C=O) groups is 1. The molecule has 290 valence electrons. The number of halogens is 3. The number of nitrogens with one attached hydrogen (secondary N) is 1. The Morgan fingerprint density at radius 3 is 1.61 bits per heavy atom. The summed E-state index contributed by atoms with van der Waals surface area (Å²) < 4.78 is 83.3. The van der Waals surface area contributed by atoms with E-state index in [1.165, 1.54) is 0 Å². The largest absolute Gasteiger partial charge is 0.508 e. The molecule has 56 heavy (non-hydrogen) atoms. The van der Waals surface area contributed by atoms with E-state index in [0.717, 1.165) is 38.9 Å². The summed E-state index contributed by atoms with van der Waals surface area (Å²) in [6.07, 6.45) is -13.5. The summed E-state index contributed by atoms with van der Waals surface area (Å²) in [4.78, 5) is 13.7. The number of hydrogen-bond donors (Lipinski definition) is 1. The van der Waals surface area contributed by atoms with Gasteiger partial charge in [-0.1, -0.05) is 140 Å². The van der Waals surface area contributed by atoms with Gasteiger partial charge in [0.1, 0.15) is 24.9 Å². The minimum Gasteiger partial charge on any atom is -0.440 e. The van der Waals surface area contributed by atoms with Crippen LogP contribution in [0.1, 0.15) is 33.7 Å². The van der Waals surface area contributed by atoms with Gasteiger partial charge in [-0.15, -0.1) is 0 Å². The van der Waals surface area contributed by atoms with Crippen LogP contribution in [0.4, 0.5) is 18.0 Å². The molecular formula is C44H40F3NO8. The first-order valence-corrected chi connectivity index (χ1v) is 18.2. The summed E-state index contributed by atoms with van der Waals surface area (Å²) in [5.74, 6) is -2.36. The zero-order chi connectivity index (χ0) is 38.9. The van der Waals surface area contributed by atoms with Crippen molar-refractivity contribution in [3.05, 3.63) is 167 Å². The fourth-order valence-corrected chi connectivity index (χ4v) is 6.94. The molecule has 7 rings (SSSR count). The van der Waals surface area contributed by atoms with Crippen LogP contribution in [0, 0.1) is 5.41 Å². The lowest BCUT2D eigenvalue weighted by Crippen LogP contribution is -2.62. The molecule has 1 unspecified atom stereocenters. The molecule has 1 aliphatic heterocycles. The van der Waals surface area contributed by atoms with E-state index in [2.05, 4.69) is 0 Å². The monoisotopic (exact) mass is 767 g/mol. The minimum atomic E-state index is -5.17. The highest BCUT2D eigenvalue weighted by molar-refractivity contribution is 5.79. The predicted molar refractivity (Wildman–Crippen MR) is 200 cm³/mol. The van der Waals surface area contributed by atoms with Gasteiger partial charge in [0.25, 0.3) is 5.90 Å². The third kappa shape index (κ3) is 9.46. The normalized spacial score (nSPS) is 20.4. The lowest BCUT2D eigenvalue weighted by Gasteiger charge is -2.45. The molecule has 5 atom stereocenters. The van der Waals surface area contributed by atoms with Gasteiger partial charge in [-0.2, -0.15) is 13.2 Å². The van der Waals surface area contributed by atoms with E-state index in [0.29, 0.717) is 0 Å². The maximum absolute atomic E-state index is 13.9. The lowest BCUT2D eigenvalue weighted by molar-refractivity contribution is -0.307. The Balaban J connectivity index is 1.18. The van der Waals surface area contributed by atoms with E-state index >= 15 is 0 Å². The smallest absolute Gasteiger partial charge is 0.440 e. The molecule has 1 heterocycles. The summed E-state index contributed by atoms with van der Waals surface area (Å²) in [5.41, 5.74) is 6.32. The van der Waals surface area contributed by atoms with Gasteiger partial charge in [0, 0.05) is 5.92 Å². The molecule has 2 aliphatic rings. The molecule has 5 aromatic rings. The number of alkyl halides is 3. The molecule has 0 bridgehead atoms. The molecule has 0 radical (unpaired) electrons. The Kier molecular flexibility index (Phi) is 12.4. The molecule has 0 amide bonds. The Morgan fingerprint density at radius 2 is 1.07 bits per heavy atom. The summed E-state index contributed by atoms with van der Waals surface area (Å²) in [5, 5.41) is 7.74. The van der Waals surface area contributed by atoms with Crippen molar-refractivity contribution in [3.63, 3.8) is 0 Å². The molecule has 0 saturated carbocycles. The highest BCUT2D eigenvalue weighted by Gasteiger charge is 2.53. The first-order valence-electron chi connectivity index (χ1n) is 18.2. The number of benzene rings is 5. The van der Waals surface area contributed by atoms with Gasteiger partial charge in [-0.3, -0.25) is 5.41 Å². The van der Waals surface area contributed by atoms with Crippen LogP contribution in [0.15, 0.2) is 140 Å². The third-order valence-electron chi connectivity index (χ3n) is 9.61. The van der Waals surface area contributed by atoms with Crippen LogP contribution < -0.4 is 0 Å². The number of carbonyl (C=O) groups excluding carboxylic acids is 1. The van der Waals surface area contributed by atoms with Crippen molar-refractivity contribution in [2.75, 3.05) is 13.2 Å². The molecule has 5 aromatic carbocycles. The van der Waals surface area contributed by atoms with Crippen LogP contribution in [0.25, 0.3) is 11.1 Å². The Bertz CT molecular complexity index is 2000. The van der Waals surface area contributed by atoms with Gasteiger partial charge >= 0.3 is 12.3 Å². The molecule has 1 fully saturated rings. The van der Waals surface area contributed by atoms with Gasteiger partial charge in [-0.05, 0) is 38.9 Å². The SMILES string of the molecule is N=C(OC1O[C@H](COCc2ccccc2)[C@@H](OCc2ccccc2)[C@H](OCc2ccccc2)[C@@H]1OC(=O)OCC1c2ccccc2-c2ccccc21)C(F)(F)F. The van der Waals surface area contributed by atoms with Crippen LogP contribution >= 0.6 is 0 Å². The van der Waals surface area contributed by atoms with E-state index in [4.69, 9.17) is 38.6 Å². The van der Waals surface area contributed by atoms with Crippen LogP contribution in [0.5, 0.6) is 0 Å². The number of ether oxygens (including phenoxy) is 7. The molecular weight excluding hydrogens is 727 g/mol. The summed E-state index contributed by atoms with van der Waals surface area (Å²) in [6.45, 7) is -0.121. The summed E-state index contributed by atoms with van der Waals surface area (Å²) >= 11 is 0. The molecule has 1 N–H and O–H groups in total. The highest BCUT2D eigenvalue weighted by atomic mass is 19.4. The van der Waals surface area contributed by atoms with E-state index in [-0.39, 0.29) is 39.0 Å². The first kappa shape index (κ1) is 38.7. The standard InChI is InChI=1S/C44H40F3NO8/c45-44(46,47)42(48)56-41-40(55-43(49)53-27-36-34-22-12-10-20-32(34)33-21-11-13-23-35(33)36)39(52-26-31-18-8-3-9-19-31)38(51-25-30-16-6-2-7-17-30)37(54-41)28-50-24-29-14-4-1-5-15-29/h1-23,36-41,48H,24-28H2/t37-,38-,39+,40+,41?/m1/s1.